The van der Waals surface area contributed by atoms with Gasteiger partial charge in [0, 0.05) is 13.0 Å². The van der Waals surface area contributed by atoms with Crippen LogP contribution >= 0.6 is 22.9 Å². The van der Waals surface area contributed by atoms with Crippen molar-refractivity contribution in [3.8, 4) is 0 Å². The molecule has 1 aliphatic rings. The molecule has 0 saturated carbocycles. The standard InChI is InChI=1S/C22H20ClN3O3S2/c1-2-31(29)15-9-7-14(8-10-15)13-19(27)25-22-24-17-11-12-26(21(28)20(17)30-22)18-6-4-3-5-16(18)23/h3-10H,2,11-13H2,1H3,(H,24,25,27). The Balaban J connectivity index is 1.43. The number of para-hydroxylation sites is 1. The van der Waals surface area contributed by atoms with Crippen LogP contribution in [0.3, 0.4) is 0 Å². The molecule has 31 heavy (non-hydrogen) atoms. The summed E-state index contributed by atoms with van der Waals surface area (Å²) in [4.78, 5) is 32.8. The lowest BCUT2D eigenvalue weighted by atomic mass is 10.1. The van der Waals surface area contributed by atoms with Crippen molar-refractivity contribution in [2.24, 2.45) is 0 Å². The number of fused-ring (bicyclic) bond motifs is 1. The first-order chi connectivity index (χ1) is 15.0. The number of rotatable bonds is 6. The first-order valence-corrected chi connectivity index (χ1v) is 12.3. The maximum absolute atomic E-state index is 13.0. The molecule has 2 aromatic carbocycles. The van der Waals surface area contributed by atoms with Gasteiger partial charge in [-0.2, -0.15) is 0 Å². The van der Waals surface area contributed by atoms with Crippen molar-refractivity contribution in [1.82, 2.24) is 4.98 Å². The molecule has 0 spiro atoms. The molecule has 0 bridgehead atoms. The number of nitrogens with zero attached hydrogens (tertiary/aromatic N) is 2. The van der Waals surface area contributed by atoms with Crippen molar-refractivity contribution in [2.75, 3.05) is 22.5 Å². The molecular weight excluding hydrogens is 454 g/mol. The fraction of sp³-hybridized carbons (Fsp3) is 0.227. The van der Waals surface area contributed by atoms with Gasteiger partial charge in [0.1, 0.15) is 10.6 Å². The molecule has 0 saturated heterocycles. The minimum Gasteiger partial charge on any atom is -0.611 e. The largest absolute Gasteiger partial charge is 0.611 e. The zero-order valence-corrected chi connectivity index (χ0v) is 19.1. The van der Waals surface area contributed by atoms with Crippen molar-refractivity contribution in [3.05, 3.63) is 69.7 Å². The molecule has 1 N–H and O–H groups in total. The summed E-state index contributed by atoms with van der Waals surface area (Å²) >= 11 is 6.42. The Labute approximate surface area is 192 Å². The molecule has 6 nitrogen and oxygen atoms in total. The third-order valence-electron chi connectivity index (χ3n) is 4.91. The molecule has 3 aromatic rings. The number of aromatic nitrogens is 1. The highest BCUT2D eigenvalue weighted by atomic mass is 35.5. The van der Waals surface area contributed by atoms with Crippen LogP contribution in [0, 0.1) is 0 Å². The molecular formula is C22H20ClN3O3S2. The van der Waals surface area contributed by atoms with Gasteiger partial charge in [-0.05, 0) is 47.9 Å². The van der Waals surface area contributed by atoms with E-state index in [9.17, 15) is 14.1 Å². The monoisotopic (exact) mass is 473 g/mol. The summed E-state index contributed by atoms with van der Waals surface area (Å²) in [5.74, 6) is 0.180. The van der Waals surface area contributed by atoms with Crippen LogP contribution in [0.4, 0.5) is 10.8 Å². The van der Waals surface area contributed by atoms with Crippen LogP contribution in [0.2, 0.25) is 5.02 Å². The summed E-state index contributed by atoms with van der Waals surface area (Å²) in [6.07, 6.45) is 0.762. The molecule has 2 amide bonds. The number of halogens is 1. The van der Waals surface area contributed by atoms with E-state index < -0.39 is 11.2 Å². The van der Waals surface area contributed by atoms with Gasteiger partial charge < -0.3 is 14.8 Å². The van der Waals surface area contributed by atoms with Gasteiger partial charge in [0.25, 0.3) is 5.91 Å². The quantitative estimate of drug-likeness (QED) is 0.540. The van der Waals surface area contributed by atoms with Crippen LogP contribution in [0.15, 0.2) is 53.4 Å². The second-order valence-electron chi connectivity index (χ2n) is 6.96. The van der Waals surface area contributed by atoms with Gasteiger partial charge in [-0.1, -0.05) is 47.2 Å². The Morgan fingerprint density at radius 2 is 2.00 bits per heavy atom. The number of hydrogen-bond donors (Lipinski definition) is 1. The Hall–Kier alpha value is -2.39. The molecule has 160 valence electrons. The predicted molar refractivity (Wildman–Crippen MR) is 125 cm³/mol. The van der Waals surface area contributed by atoms with Crippen LogP contribution < -0.4 is 10.2 Å². The zero-order valence-electron chi connectivity index (χ0n) is 16.8. The lowest BCUT2D eigenvalue weighted by Crippen LogP contribution is -2.37. The summed E-state index contributed by atoms with van der Waals surface area (Å²) in [5.41, 5.74) is 2.18. The fourth-order valence-corrected chi connectivity index (χ4v) is 5.35. The van der Waals surface area contributed by atoms with Gasteiger partial charge in [0.2, 0.25) is 5.91 Å². The highest BCUT2D eigenvalue weighted by molar-refractivity contribution is 7.91. The molecule has 0 aliphatic carbocycles. The van der Waals surface area contributed by atoms with Crippen LogP contribution in [-0.2, 0) is 28.8 Å². The third kappa shape index (κ3) is 4.77. The van der Waals surface area contributed by atoms with E-state index in [1.165, 1.54) is 11.3 Å². The Morgan fingerprint density at radius 1 is 1.26 bits per heavy atom. The Bertz CT molecular complexity index is 1120. The third-order valence-corrected chi connectivity index (χ3v) is 7.55. The number of nitrogens with one attached hydrogen (secondary N) is 1. The highest BCUT2D eigenvalue weighted by Gasteiger charge is 2.30. The van der Waals surface area contributed by atoms with Gasteiger partial charge >= 0.3 is 0 Å². The van der Waals surface area contributed by atoms with Gasteiger partial charge in [0.05, 0.1) is 22.8 Å². The van der Waals surface area contributed by atoms with Crippen LogP contribution in [0.1, 0.15) is 27.9 Å². The second kappa shape index (κ2) is 9.40. The van der Waals surface area contributed by atoms with Crippen LogP contribution in [-0.4, -0.2) is 33.6 Å². The van der Waals surface area contributed by atoms with Crippen molar-refractivity contribution < 1.29 is 14.1 Å². The minimum atomic E-state index is -1.01. The van der Waals surface area contributed by atoms with Crippen molar-refractivity contribution in [3.63, 3.8) is 0 Å². The van der Waals surface area contributed by atoms with E-state index >= 15 is 0 Å². The van der Waals surface area contributed by atoms with E-state index in [-0.39, 0.29) is 18.2 Å². The van der Waals surface area contributed by atoms with Crippen molar-refractivity contribution >= 4 is 56.7 Å². The van der Waals surface area contributed by atoms with E-state index in [1.807, 2.05) is 25.1 Å². The zero-order chi connectivity index (χ0) is 22.0. The van der Waals surface area contributed by atoms with Gasteiger partial charge in [0.15, 0.2) is 10.0 Å². The summed E-state index contributed by atoms with van der Waals surface area (Å²) in [7, 11) is 0. The van der Waals surface area contributed by atoms with Gasteiger partial charge in [-0.3, -0.25) is 9.59 Å². The van der Waals surface area contributed by atoms with E-state index in [0.29, 0.717) is 45.1 Å². The molecule has 4 rings (SSSR count). The number of thiazole rings is 1. The summed E-state index contributed by atoms with van der Waals surface area (Å²) < 4.78 is 11.8. The Morgan fingerprint density at radius 3 is 2.71 bits per heavy atom. The van der Waals surface area contributed by atoms with Crippen molar-refractivity contribution in [2.45, 2.75) is 24.7 Å². The lowest BCUT2D eigenvalue weighted by molar-refractivity contribution is -0.115. The maximum Gasteiger partial charge on any atom is 0.270 e. The van der Waals surface area contributed by atoms with Gasteiger partial charge in [-0.15, -0.1) is 0 Å². The minimum absolute atomic E-state index is 0.160. The molecule has 1 atom stereocenters. The lowest BCUT2D eigenvalue weighted by Gasteiger charge is -2.26. The molecule has 1 unspecified atom stereocenters. The molecule has 0 radical (unpaired) electrons. The summed E-state index contributed by atoms with van der Waals surface area (Å²) in [5, 5.41) is 3.72. The van der Waals surface area contributed by atoms with Crippen LogP contribution in [0.25, 0.3) is 0 Å². The fourth-order valence-electron chi connectivity index (χ4n) is 3.36. The predicted octanol–water partition coefficient (Wildman–Crippen LogP) is 4.31. The molecule has 1 aromatic heterocycles. The first kappa shape index (κ1) is 21.8. The maximum atomic E-state index is 13.0. The highest BCUT2D eigenvalue weighted by Crippen LogP contribution is 2.33. The van der Waals surface area contributed by atoms with E-state index in [0.717, 1.165) is 10.5 Å². The molecule has 2 heterocycles. The molecule has 0 fully saturated rings. The summed E-state index contributed by atoms with van der Waals surface area (Å²) in [6.45, 7) is 2.35. The molecule has 1 aliphatic heterocycles. The van der Waals surface area contributed by atoms with E-state index in [1.54, 1.807) is 35.2 Å². The number of benzene rings is 2. The average molecular weight is 474 g/mol. The van der Waals surface area contributed by atoms with E-state index in [4.69, 9.17) is 11.6 Å². The number of hydrogen-bond acceptors (Lipinski definition) is 5. The smallest absolute Gasteiger partial charge is 0.270 e. The number of carbonyl (C=O) groups is 2. The number of amides is 2. The Kier molecular flexibility index (Phi) is 6.62. The van der Waals surface area contributed by atoms with Gasteiger partial charge in [-0.25, -0.2) is 4.98 Å². The number of carbonyl (C=O) groups excluding carboxylic acids is 2. The normalized spacial score (nSPS) is 14.3. The number of anilines is 2. The topological polar surface area (TPSA) is 85.4 Å². The van der Waals surface area contributed by atoms with E-state index in [2.05, 4.69) is 10.3 Å². The average Bonchev–Trinajstić information content (AvgIpc) is 3.18. The SMILES string of the molecule is CC[S+]([O-])c1ccc(CC(=O)Nc2nc3c(s2)C(=O)N(c2ccccc2Cl)CC3)cc1. The van der Waals surface area contributed by atoms with Crippen LogP contribution in [0.5, 0.6) is 0 Å². The second-order valence-corrected chi connectivity index (χ2v) is 10.1. The summed E-state index contributed by atoms with van der Waals surface area (Å²) in [6, 6.07) is 14.4. The van der Waals surface area contributed by atoms with Crippen molar-refractivity contribution in [1.29, 1.82) is 0 Å². The first-order valence-electron chi connectivity index (χ1n) is 9.79. The molecule has 9 heteroatoms.